The maximum absolute atomic E-state index is 13.2. The van der Waals surface area contributed by atoms with E-state index < -0.39 is 0 Å². The third-order valence-electron chi connectivity index (χ3n) is 5.54. The van der Waals surface area contributed by atoms with Gasteiger partial charge in [-0.05, 0) is 42.0 Å². The minimum absolute atomic E-state index is 0.0251. The van der Waals surface area contributed by atoms with Crippen LogP contribution in [0, 0.1) is 0 Å². The number of anilines is 2. The minimum atomic E-state index is -0.355. The Kier molecular flexibility index (Phi) is 3.75. The predicted molar refractivity (Wildman–Crippen MR) is 107 cm³/mol. The second-order valence-electron chi connectivity index (χ2n) is 6.90. The number of hydrogen-bond donors (Lipinski definition) is 1. The largest absolute Gasteiger partial charge is 0.372 e. The van der Waals surface area contributed by atoms with E-state index in [0.29, 0.717) is 17.1 Å². The van der Waals surface area contributed by atoms with E-state index in [1.165, 1.54) is 0 Å². The van der Waals surface area contributed by atoms with Crippen LogP contribution in [0.4, 0.5) is 11.6 Å². The van der Waals surface area contributed by atoms with Crippen molar-refractivity contribution in [2.45, 2.75) is 19.9 Å². The number of carbonyl (C=O) groups is 1. The van der Waals surface area contributed by atoms with Crippen LogP contribution in [0.5, 0.6) is 0 Å². The summed E-state index contributed by atoms with van der Waals surface area (Å²) < 4.78 is 1.69. The molecule has 7 nitrogen and oxygen atoms in total. The molecule has 0 unspecified atom stereocenters. The van der Waals surface area contributed by atoms with E-state index in [4.69, 9.17) is 0 Å². The Bertz CT molecular complexity index is 1090. The van der Waals surface area contributed by atoms with Gasteiger partial charge < -0.3 is 10.2 Å². The van der Waals surface area contributed by atoms with Gasteiger partial charge in [0, 0.05) is 29.9 Å². The molecular weight excluding hydrogens is 352 g/mol. The second kappa shape index (κ2) is 6.30. The van der Waals surface area contributed by atoms with E-state index >= 15 is 0 Å². The number of hydrogen-bond acceptors (Lipinski definition) is 6. The van der Waals surface area contributed by atoms with Crippen molar-refractivity contribution >= 4 is 23.1 Å². The number of allylic oxidation sites excluding steroid dienone is 1. The van der Waals surface area contributed by atoms with E-state index in [1.807, 2.05) is 24.3 Å². The van der Waals surface area contributed by atoms with Crippen LogP contribution >= 0.6 is 0 Å². The van der Waals surface area contributed by atoms with Crippen molar-refractivity contribution in [1.82, 2.24) is 20.2 Å². The lowest BCUT2D eigenvalue weighted by Gasteiger charge is -2.27. The number of aromatic nitrogens is 4. The highest BCUT2D eigenvalue weighted by Gasteiger charge is 2.41. The molecule has 5 rings (SSSR count). The van der Waals surface area contributed by atoms with Gasteiger partial charge in [0.2, 0.25) is 5.95 Å². The Hall–Kier alpha value is -3.48. The summed E-state index contributed by atoms with van der Waals surface area (Å²) in [4.78, 5) is 15.5. The molecule has 0 amide bonds. The van der Waals surface area contributed by atoms with Crippen LogP contribution in [0.1, 0.15) is 41.4 Å². The molecule has 0 fully saturated rings. The molecular formula is C21H20N6O. The van der Waals surface area contributed by atoms with Crippen molar-refractivity contribution in [2.24, 2.45) is 0 Å². The third kappa shape index (κ3) is 2.29. The molecule has 0 spiro atoms. The summed E-state index contributed by atoms with van der Waals surface area (Å²) in [5.41, 5.74) is 5.26. The molecule has 140 valence electrons. The maximum Gasteiger partial charge on any atom is 0.248 e. The SMILES string of the molecule is CCN(CC)c1ccc([C@H]2C3=C(Nc4nnnn42)c2ccccc2C3=O)cc1. The molecule has 0 bridgehead atoms. The first-order chi connectivity index (χ1) is 13.7. The molecule has 1 atom stereocenters. The minimum Gasteiger partial charge on any atom is -0.372 e. The molecule has 0 radical (unpaired) electrons. The number of nitrogens with one attached hydrogen (secondary N) is 1. The monoisotopic (exact) mass is 372 g/mol. The van der Waals surface area contributed by atoms with Crippen molar-refractivity contribution in [2.75, 3.05) is 23.3 Å². The molecule has 1 aliphatic carbocycles. The van der Waals surface area contributed by atoms with Gasteiger partial charge in [0.05, 0.1) is 11.3 Å². The fourth-order valence-electron chi connectivity index (χ4n) is 4.15. The van der Waals surface area contributed by atoms with E-state index in [2.05, 4.69) is 63.9 Å². The van der Waals surface area contributed by atoms with Gasteiger partial charge in [-0.2, -0.15) is 4.68 Å². The lowest BCUT2D eigenvalue weighted by atomic mass is 9.94. The summed E-state index contributed by atoms with van der Waals surface area (Å²) in [6.45, 7) is 6.18. The molecule has 0 saturated carbocycles. The van der Waals surface area contributed by atoms with Crippen LogP contribution in [0.2, 0.25) is 0 Å². The summed E-state index contributed by atoms with van der Waals surface area (Å²) >= 11 is 0. The van der Waals surface area contributed by atoms with E-state index in [1.54, 1.807) is 4.68 Å². The van der Waals surface area contributed by atoms with Crippen LogP contribution in [-0.4, -0.2) is 39.1 Å². The molecule has 1 N–H and O–H groups in total. The number of ketones is 1. The highest BCUT2D eigenvalue weighted by molar-refractivity contribution is 6.23. The Labute approximate surface area is 162 Å². The van der Waals surface area contributed by atoms with Gasteiger partial charge in [-0.15, -0.1) is 0 Å². The van der Waals surface area contributed by atoms with Gasteiger partial charge in [0.25, 0.3) is 0 Å². The summed E-state index contributed by atoms with van der Waals surface area (Å²) in [6.07, 6.45) is 0. The predicted octanol–water partition coefficient (Wildman–Crippen LogP) is 3.14. The van der Waals surface area contributed by atoms with Crippen LogP contribution in [0.15, 0.2) is 54.1 Å². The number of tetrazole rings is 1. The van der Waals surface area contributed by atoms with Crippen molar-refractivity contribution in [3.63, 3.8) is 0 Å². The van der Waals surface area contributed by atoms with Gasteiger partial charge in [0.1, 0.15) is 6.04 Å². The van der Waals surface area contributed by atoms with Crippen LogP contribution in [-0.2, 0) is 0 Å². The topological polar surface area (TPSA) is 75.9 Å². The lowest BCUT2D eigenvalue weighted by Crippen LogP contribution is -2.26. The number of carbonyl (C=O) groups excluding carboxylic acids is 1. The molecule has 2 heterocycles. The number of nitrogens with zero attached hydrogens (tertiary/aromatic N) is 5. The zero-order valence-electron chi connectivity index (χ0n) is 15.8. The normalized spacial score (nSPS) is 17.1. The molecule has 28 heavy (non-hydrogen) atoms. The van der Waals surface area contributed by atoms with Crippen LogP contribution < -0.4 is 10.2 Å². The third-order valence-corrected chi connectivity index (χ3v) is 5.54. The Morgan fingerprint density at radius 3 is 2.46 bits per heavy atom. The van der Waals surface area contributed by atoms with Gasteiger partial charge in [-0.25, -0.2) is 0 Å². The molecule has 1 aliphatic heterocycles. The van der Waals surface area contributed by atoms with Crippen LogP contribution in [0.25, 0.3) is 5.70 Å². The number of fused-ring (bicyclic) bond motifs is 3. The van der Waals surface area contributed by atoms with Gasteiger partial charge in [0.15, 0.2) is 5.78 Å². The summed E-state index contributed by atoms with van der Waals surface area (Å²) in [5, 5.41) is 15.3. The fraction of sp³-hybridized carbons (Fsp3) is 0.238. The molecule has 0 saturated heterocycles. The Morgan fingerprint density at radius 1 is 1.04 bits per heavy atom. The average molecular weight is 372 g/mol. The standard InChI is InChI=1S/C21H20N6O/c1-3-26(4-2)14-11-9-13(10-12-14)19-17-18(22-21-23-24-25-27(19)21)15-7-5-6-8-16(15)20(17)28/h5-12,19H,3-4H2,1-2H3,(H,22,23,25)/t19-/m0/s1. The summed E-state index contributed by atoms with van der Waals surface area (Å²) in [6, 6.07) is 15.6. The molecule has 2 aromatic carbocycles. The maximum atomic E-state index is 13.2. The van der Waals surface area contributed by atoms with E-state index in [-0.39, 0.29) is 11.8 Å². The molecule has 2 aliphatic rings. The highest BCUT2D eigenvalue weighted by Crippen LogP contribution is 2.44. The second-order valence-corrected chi connectivity index (χ2v) is 6.90. The molecule has 1 aromatic heterocycles. The van der Waals surface area contributed by atoms with E-state index in [9.17, 15) is 4.79 Å². The van der Waals surface area contributed by atoms with Crippen LogP contribution in [0.3, 0.4) is 0 Å². The zero-order valence-corrected chi connectivity index (χ0v) is 15.8. The Balaban J connectivity index is 1.64. The first kappa shape index (κ1) is 16.7. The fourth-order valence-corrected chi connectivity index (χ4v) is 4.15. The Morgan fingerprint density at radius 2 is 1.75 bits per heavy atom. The quantitative estimate of drug-likeness (QED) is 0.758. The molecule has 3 aromatic rings. The van der Waals surface area contributed by atoms with Gasteiger partial charge in [-0.1, -0.05) is 41.5 Å². The summed E-state index contributed by atoms with van der Waals surface area (Å²) in [5.74, 6) is 0.568. The van der Waals surface area contributed by atoms with Gasteiger partial charge >= 0.3 is 0 Å². The summed E-state index contributed by atoms with van der Waals surface area (Å²) in [7, 11) is 0. The van der Waals surface area contributed by atoms with Crippen molar-refractivity contribution in [3.05, 3.63) is 70.8 Å². The van der Waals surface area contributed by atoms with Gasteiger partial charge in [-0.3, -0.25) is 4.79 Å². The first-order valence-corrected chi connectivity index (χ1v) is 9.51. The van der Waals surface area contributed by atoms with Crippen molar-refractivity contribution < 1.29 is 4.79 Å². The first-order valence-electron chi connectivity index (χ1n) is 9.51. The number of Topliss-reactive ketones (excluding diaryl/α,β-unsaturated/α-hetero) is 1. The van der Waals surface area contributed by atoms with Crippen molar-refractivity contribution in [1.29, 1.82) is 0 Å². The smallest absolute Gasteiger partial charge is 0.248 e. The van der Waals surface area contributed by atoms with Crippen molar-refractivity contribution in [3.8, 4) is 0 Å². The zero-order chi connectivity index (χ0) is 19.3. The highest BCUT2D eigenvalue weighted by atomic mass is 16.1. The number of rotatable bonds is 4. The molecule has 7 heteroatoms. The van der Waals surface area contributed by atoms with E-state index in [0.717, 1.165) is 35.6 Å². The average Bonchev–Trinajstić information content (AvgIpc) is 3.32. The number of benzene rings is 2. The lowest BCUT2D eigenvalue weighted by molar-refractivity contribution is 0.102.